The summed E-state index contributed by atoms with van der Waals surface area (Å²) in [5, 5.41) is 16.4. The first kappa shape index (κ1) is 30.6. The Kier molecular flexibility index (Phi) is 61.1. The molecule has 0 saturated carbocycles. The molecule has 18 heavy (non-hydrogen) atoms. The van der Waals surface area contributed by atoms with E-state index in [4.69, 9.17) is 15.1 Å². The van der Waals surface area contributed by atoms with Crippen molar-refractivity contribution < 1.29 is 14.7 Å². The van der Waals surface area contributed by atoms with Crippen molar-refractivity contribution >= 4 is 35.8 Å². The van der Waals surface area contributed by atoms with Gasteiger partial charge in [0.15, 0.2) is 0 Å². The first-order chi connectivity index (χ1) is 7.83. The van der Waals surface area contributed by atoms with Gasteiger partial charge in [0.05, 0.1) is 0 Å². The van der Waals surface area contributed by atoms with Gasteiger partial charge in [-0.1, -0.05) is 53.4 Å². The molecule has 0 aliphatic carbocycles. The van der Waals surface area contributed by atoms with E-state index < -0.39 is 11.9 Å². The molecule has 0 aromatic heterocycles. The number of aliphatic carboxylic acids is 1. The molecule has 2 N–H and O–H groups in total. The first-order valence-corrected chi connectivity index (χ1v) is 5.50. The SMILES string of the molecule is CC(=O)N[O-].CC(=O)O.[CH2]CCC.[CH2]CCC.[Sn+2]. The Morgan fingerprint density at radius 1 is 1.11 bits per heavy atom. The summed E-state index contributed by atoms with van der Waals surface area (Å²) >= 11 is 0. The van der Waals surface area contributed by atoms with Gasteiger partial charge < -0.3 is 15.8 Å². The molecule has 0 rings (SSSR count). The third-order valence-corrected chi connectivity index (χ3v) is 0.851. The first-order valence-electron chi connectivity index (χ1n) is 5.50. The quantitative estimate of drug-likeness (QED) is 0.580. The Labute approximate surface area is 128 Å². The van der Waals surface area contributed by atoms with Gasteiger partial charge >= 0.3 is 23.9 Å². The topological polar surface area (TPSA) is 89.5 Å². The van der Waals surface area contributed by atoms with Gasteiger partial charge in [-0.15, -0.1) is 0 Å². The molecule has 106 valence electrons. The number of hydroxylamine groups is 1. The number of carboxylic acid groups (broad SMARTS) is 1. The fourth-order valence-corrected chi connectivity index (χ4v) is 0. The van der Waals surface area contributed by atoms with Crippen LogP contribution in [0.1, 0.15) is 53.4 Å². The van der Waals surface area contributed by atoms with Gasteiger partial charge in [-0.25, -0.2) is 0 Å². The van der Waals surface area contributed by atoms with Crippen molar-refractivity contribution in [1.29, 1.82) is 0 Å². The van der Waals surface area contributed by atoms with E-state index in [1.165, 1.54) is 12.8 Å². The minimum Gasteiger partial charge on any atom is -0.759 e. The maximum Gasteiger partial charge on any atom is 2.00 e. The number of unbranched alkanes of at least 4 members (excludes halogenated alkanes) is 2. The fraction of sp³-hybridized carbons (Fsp3) is 0.667. The summed E-state index contributed by atoms with van der Waals surface area (Å²) in [6.07, 6.45) is 4.56. The molecule has 0 fully saturated rings. The Bertz CT molecular complexity index is 143. The van der Waals surface area contributed by atoms with E-state index in [2.05, 4.69) is 27.7 Å². The molecule has 1 amide bonds. The number of carbonyl (C=O) groups excluding carboxylic acids is 1. The second-order valence-corrected chi connectivity index (χ2v) is 2.88. The standard InChI is InChI=1S/2C4H9.C2H4NO2.C2H4O2.Sn/c2*1-3-4-2;1-2(4)3-5;1-2(3)4;/h2*1,3-4H2,2H3;1H3,(H-,3,4,5);1H3,(H,3,4);/q;;-1;;+2. The number of nitrogens with one attached hydrogen (secondary N) is 1. The second kappa shape index (κ2) is 36.0. The van der Waals surface area contributed by atoms with Crippen LogP contribution in [-0.4, -0.2) is 40.9 Å². The van der Waals surface area contributed by atoms with E-state index in [-0.39, 0.29) is 23.9 Å². The predicted octanol–water partition coefficient (Wildman–Crippen LogP) is 2.57. The van der Waals surface area contributed by atoms with E-state index in [0.717, 1.165) is 32.2 Å². The molecular formula is C12H26NO4Sn+. The van der Waals surface area contributed by atoms with E-state index in [1.807, 2.05) is 0 Å². The number of carbonyl (C=O) groups is 2. The summed E-state index contributed by atoms with van der Waals surface area (Å²) in [6.45, 7) is 13.7. The molecule has 0 aromatic carbocycles. The third kappa shape index (κ3) is 248. The maximum atomic E-state index is 9.39. The van der Waals surface area contributed by atoms with Crippen LogP contribution in [-0.2, 0) is 9.59 Å². The molecule has 6 heteroatoms. The average molecular weight is 367 g/mol. The zero-order valence-corrected chi connectivity index (χ0v) is 14.8. The normalized spacial score (nSPS) is 6.61. The summed E-state index contributed by atoms with van der Waals surface area (Å²) in [4.78, 5) is 18.4. The summed E-state index contributed by atoms with van der Waals surface area (Å²) in [7, 11) is 0. The molecule has 0 aliphatic heterocycles. The van der Waals surface area contributed by atoms with Crippen LogP contribution in [0, 0.1) is 19.1 Å². The van der Waals surface area contributed by atoms with Gasteiger partial charge in [0.25, 0.3) is 5.97 Å². The average Bonchev–Trinajstić information content (AvgIpc) is 2.29. The van der Waals surface area contributed by atoms with Crippen molar-refractivity contribution in [2.24, 2.45) is 0 Å². The fourth-order valence-electron chi connectivity index (χ4n) is 0. The van der Waals surface area contributed by atoms with Crippen LogP contribution in [0.15, 0.2) is 0 Å². The number of amides is 1. The maximum absolute atomic E-state index is 9.39. The smallest absolute Gasteiger partial charge is 0.759 e. The molecule has 0 unspecified atom stereocenters. The Morgan fingerprint density at radius 2 is 1.22 bits per heavy atom. The molecule has 0 bridgehead atoms. The molecule has 0 spiro atoms. The van der Waals surface area contributed by atoms with Crippen LogP contribution >= 0.6 is 0 Å². The van der Waals surface area contributed by atoms with Gasteiger partial charge in [0.2, 0.25) is 5.91 Å². The summed E-state index contributed by atoms with van der Waals surface area (Å²) < 4.78 is 0. The van der Waals surface area contributed by atoms with Gasteiger partial charge in [-0.05, 0) is 0 Å². The van der Waals surface area contributed by atoms with Crippen LogP contribution in [0.5, 0.6) is 0 Å². The molecular weight excluding hydrogens is 341 g/mol. The van der Waals surface area contributed by atoms with Crippen molar-refractivity contribution in [1.82, 2.24) is 5.48 Å². The number of hydrogen-bond donors (Lipinski definition) is 2. The van der Waals surface area contributed by atoms with Crippen molar-refractivity contribution in [2.75, 3.05) is 0 Å². The van der Waals surface area contributed by atoms with Crippen molar-refractivity contribution in [3.8, 4) is 0 Å². The zero-order valence-electron chi connectivity index (χ0n) is 11.9. The minimum atomic E-state index is -0.833. The van der Waals surface area contributed by atoms with Gasteiger partial charge in [0.1, 0.15) is 0 Å². The van der Waals surface area contributed by atoms with Crippen LogP contribution in [0.25, 0.3) is 0 Å². The van der Waals surface area contributed by atoms with E-state index in [9.17, 15) is 4.79 Å². The monoisotopic (exact) mass is 368 g/mol. The van der Waals surface area contributed by atoms with Crippen molar-refractivity contribution in [3.63, 3.8) is 0 Å². The van der Waals surface area contributed by atoms with Crippen LogP contribution < -0.4 is 5.48 Å². The number of rotatable bonds is 2. The van der Waals surface area contributed by atoms with Crippen LogP contribution in [0.3, 0.4) is 0 Å². The Balaban J connectivity index is -0.0000000412. The van der Waals surface area contributed by atoms with Crippen molar-refractivity contribution in [3.05, 3.63) is 19.1 Å². The van der Waals surface area contributed by atoms with Gasteiger partial charge in [0, 0.05) is 13.8 Å². The largest absolute Gasteiger partial charge is 2.00 e. The third-order valence-electron chi connectivity index (χ3n) is 0.851. The Hall–Kier alpha value is -0.301. The minimum absolute atomic E-state index is 0. The van der Waals surface area contributed by atoms with E-state index in [1.54, 1.807) is 0 Å². The van der Waals surface area contributed by atoms with E-state index >= 15 is 0 Å². The van der Waals surface area contributed by atoms with E-state index in [0.29, 0.717) is 0 Å². The summed E-state index contributed by atoms with van der Waals surface area (Å²) in [5.74, 6) is -1.38. The molecule has 0 aliphatic rings. The number of hydrogen-bond acceptors (Lipinski definition) is 3. The zero-order chi connectivity index (χ0) is 14.7. The predicted molar refractivity (Wildman–Crippen MR) is 76.8 cm³/mol. The van der Waals surface area contributed by atoms with Crippen molar-refractivity contribution in [2.45, 2.75) is 53.4 Å². The summed E-state index contributed by atoms with van der Waals surface area (Å²) in [5.41, 5.74) is 1.14. The molecule has 0 heterocycles. The van der Waals surface area contributed by atoms with Crippen LogP contribution in [0.4, 0.5) is 0 Å². The summed E-state index contributed by atoms with van der Waals surface area (Å²) in [6, 6.07) is 0. The van der Waals surface area contributed by atoms with Crippen LogP contribution in [0.2, 0.25) is 0 Å². The molecule has 0 aromatic rings. The van der Waals surface area contributed by atoms with Gasteiger partial charge in [-0.2, -0.15) is 0 Å². The molecule has 4 radical (unpaired) electrons. The molecule has 5 nitrogen and oxygen atoms in total. The number of carboxylic acids is 1. The molecule has 0 atom stereocenters. The van der Waals surface area contributed by atoms with Gasteiger partial charge in [-0.3, -0.25) is 9.59 Å². The second-order valence-electron chi connectivity index (χ2n) is 2.88. The Morgan fingerprint density at radius 3 is 1.22 bits per heavy atom. The molecule has 0 saturated heterocycles.